The van der Waals surface area contributed by atoms with Gasteiger partial charge in [0.1, 0.15) is 0 Å². The molecule has 5 heteroatoms. The molecule has 0 radical (unpaired) electrons. The molecule has 1 amide bonds. The van der Waals surface area contributed by atoms with Crippen molar-refractivity contribution < 1.29 is 4.79 Å². The summed E-state index contributed by atoms with van der Waals surface area (Å²) in [4.78, 5) is 14.1. The van der Waals surface area contributed by atoms with Crippen molar-refractivity contribution in [3.05, 3.63) is 11.9 Å². The molecule has 1 aliphatic rings. The Balaban J connectivity index is 2.07. The standard InChI is InChI=1S/C13H22N4O/c1-9-4-6-10(7-5-9)17(3)13(18)12-11(14)8-16(2)15-12/h8-10H,4-7,14H2,1-3H3. The van der Waals surface area contributed by atoms with Gasteiger partial charge < -0.3 is 10.6 Å². The second-order valence-corrected chi connectivity index (χ2v) is 5.44. The Morgan fingerprint density at radius 3 is 2.56 bits per heavy atom. The van der Waals surface area contributed by atoms with Crippen LogP contribution in [0.2, 0.25) is 0 Å². The van der Waals surface area contributed by atoms with Crippen LogP contribution in [0, 0.1) is 5.92 Å². The number of hydrogen-bond acceptors (Lipinski definition) is 3. The molecule has 0 atom stereocenters. The van der Waals surface area contributed by atoms with Crippen LogP contribution in [0.5, 0.6) is 0 Å². The fourth-order valence-electron chi connectivity index (χ4n) is 2.64. The third-order valence-electron chi connectivity index (χ3n) is 3.91. The third kappa shape index (κ3) is 2.49. The molecule has 100 valence electrons. The molecular weight excluding hydrogens is 228 g/mol. The molecule has 0 bridgehead atoms. The summed E-state index contributed by atoms with van der Waals surface area (Å²) in [7, 11) is 3.63. The highest BCUT2D eigenvalue weighted by Crippen LogP contribution is 2.27. The van der Waals surface area contributed by atoms with Gasteiger partial charge in [0.25, 0.3) is 5.91 Å². The van der Waals surface area contributed by atoms with Gasteiger partial charge in [0.05, 0.1) is 5.69 Å². The number of amides is 1. The second kappa shape index (κ2) is 5.00. The van der Waals surface area contributed by atoms with Crippen LogP contribution in [-0.4, -0.2) is 33.7 Å². The molecule has 0 saturated heterocycles. The smallest absolute Gasteiger partial charge is 0.276 e. The molecule has 1 aromatic heterocycles. The lowest BCUT2D eigenvalue weighted by molar-refractivity contribution is 0.0674. The fraction of sp³-hybridized carbons (Fsp3) is 0.692. The van der Waals surface area contributed by atoms with E-state index in [1.807, 2.05) is 11.9 Å². The summed E-state index contributed by atoms with van der Waals surface area (Å²) < 4.78 is 1.58. The molecule has 1 saturated carbocycles. The number of anilines is 1. The first-order valence-electron chi connectivity index (χ1n) is 6.55. The van der Waals surface area contributed by atoms with Crippen LogP contribution in [0.25, 0.3) is 0 Å². The van der Waals surface area contributed by atoms with Gasteiger partial charge in [-0.25, -0.2) is 0 Å². The predicted molar refractivity (Wildman–Crippen MR) is 71.1 cm³/mol. The Morgan fingerprint density at radius 2 is 2.06 bits per heavy atom. The molecular formula is C13H22N4O. The molecule has 1 aliphatic carbocycles. The van der Waals surface area contributed by atoms with E-state index < -0.39 is 0 Å². The molecule has 0 aromatic carbocycles. The highest BCUT2D eigenvalue weighted by atomic mass is 16.2. The van der Waals surface area contributed by atoms with Gasteiger partial charge in [-0.05, 0) is 31.6 Å². The van der Waals surface area contributed by atoms with E-state index in [4.69, 9.17) is 5.73 Å². The summed E-state index contributed by atoms with van der Waals surface area (Å²) in [6.45, 7) is 2.27. The second-order valence-electron chi connectivity index (χ2n) is 5.44. The number of aryl methyl sites for hydroxylation is 1. The molecule has 2 rings (SSSR count). The number of hydrogen-bond donors (Lipinski definition) is 1. The Hall–Kier alpha value is -1.52. The summed E-state index contributed by atoms with van der Waals surface area (Å²) in [5.41, 5.74) is 6.63. The van der Waals surface area contributed by atoms with Crippen LogP contribution in [0.4, 0.5) is 5.69 Å². The zero-order valence-corrected chi connectivity index (χ0v) is 11.4. The van der Waals surface area contributed by atoms with E-state index in [2.05, 4.69) is 12.0 Å². The minimum Gasteiger partial charge on any atom is -0.396 e. The third-order valence-corrected chi connectivity index (χ3v) is 3.91. The molecule has 2 N–H and O–H groups in total. The van der Waals surface area contributed by atoms with Crippen LogP contribution >= 0.6 is 0 Å². The van der Waals surface area contributed by atoms with Crippen molar-refractivity contribution in [2.24, 2.45) is 13.0 Å². The van der Waals surface area contributed by atoms with Gasteiger partial charge in [0.2, 0.25) is 0 Å². The van der Waals surface area contributed by atoms with Crippen molar-refractivity contribution in [2.45, 2.75) is 38.6 Å². The number of nitrogen functional groups attached to an aromatic ring is 1. The molecule has 1 fully saturated rings. The zero-order valence-electron chi connectivity index (χ0n) is 11.4. The highest BCUT2D eigenvalue weighted by molar-refractivity contribution is 5.97. The summed E-state index contributed by atoms with van der Waals surface area (Å²) in [5.74, 6) is 0.720. The van der Waals surface area contributed by atoms with Crippen LogP contribution in [0.3, 0.4) is 0 Å². The zero-order chi connectivity index (χ0) is 13.3. The Kier molecular flexibility index (Phi) is 3.59. The van der Waals surface area contributed by atoms with Gasteiger partial charge in [0, 0.05) is 26.3 Å². The van der Waals surface area contributed by atoms with Crippen LogP contribution in [0.15, 0.2) is 6.20 Å². The largest absolute Gasteiger partial charge is 0.396 e. The predicted octanol–water partition coefficient (Wildman–Crippen LogP) is 1.65. The van der Waals surface area contributed by atoms with E-state index in [0.29, 0.717) is 17.4 Å². The topological polar surface area (TPSA) is 64.2 Å². The monoisotopic (exact) mass is 250 g/mol. The van der Waals surface area contributed by atoms with Crippen molar-refractivity contribution in [2.75, 3.05) is 12.8 Å². The lowest BCUT2D eigenvalue weighted by Gasteiger charge is -2.33. The molecule has 5 nitrogen and oxygen atoms in total. The van der Waals surface area contributed by atoms with Crippen LogP contribution in [0.1, 0.15) is 43.1 Å². The van der Waals surface area contributed by atoms with Gasteiger partial charge in [-0.15, -0.1) is 0 Å². The van der Waals surface area contributed by atoms with Gasteiger partial charge in [0.15, 0.2) is 5.69 Å². The summed E-state index contributed by atoms with van der Waals surface area (Å²) in [6.07, 6.45) is 6.22. The maximum atomic E-state index is 12.3. The Labute approximate surface area is 108 Å². The van der Waals surface area contributed by atoms with Crippen LogP contribution in [-0.2, 0) is 7.05 Å². The minimum absolute atomic E-state index is 0.0624. The Morgan fingerprint density at radius 1 is 1.44 bits per heavy atom. The number of nitrogens with zero attached hydrogens (tertiary/aromatic N) is 3. The van der Waals surface area contributed by atoms with E-state index >= 15 is 0 Å². The molecule has 0 spiro atoms. The average molecular weight is 250 g/mol. The normalized spacial score (nSPS) is 23.9. The van der Waals surface area contributed by atoms with Gasteiger partial charge in [-0.1, -0.05) is 6.92 Å². The number of nitrogens with two attached hydrogens (primary N) is 1. The van der Waals surface area contributed by atoms with E-state index in [9.17, 15) is 4.79 Å². The number of carbonyl (C=O) groups is 1. The van der Waals surface area contributed by atoms with Gasteiger partial charge in [-0.3, -0.25) is 9.48 Å². The number of rotatable bonds is 2. The molecule has 1 aromatic rings. The molecule has 1 heterocycles. The first-order chi connectivity index (χ1) is 8.49. The lowest BCUT2D eigenvalue weighted by atomic mass is 9.86. The SMILES string of the molecule is CC1CCC(N(C)C(=O)c2nn(C)cc2N)CC1. The van der Waals surface area contributed by atoms with E-state index in [-0.39, 0.29) is 5.91 Å². The maximum absolute atomic E-state index is 12.3. The van der Waals surface area contributed by atoms with E-state index in [1.165, 1.54) is 12.8 Å². The highest BCUT2D eigenvalue weighted by Gasteiger charge is 2.27. The quantitative estimate of drug-likeness (QED) is 0.868. The fourth-order valence-corrected chi connectivity index (χ4v) is 2.64. The van der Waals surface area contributed by atoms with Crippen LogP contribution < -0.4 is 5.73 Å². The van der Waals surface area contributed by atoms with Crippen molar-refractivity contribution in [1.29, 1.82) is 0 Å². The van der Waals surface area contributed by atoms with E-state index in [0.717, 1.165) is 18.8 Å². The van der Waals surface area contributed by atoms with Crippen molar-refractivity contribution >= 4 is 11.6 Å². The minimum atomic E-state index is -0.0624. The summed E-state index contributed by atoms with van der Waals surface area (Å²) in [5, 5.41) is 4.14. The average Bonchev–Trinajstić information content (AvgIpc) is 2.67. The van der Waals surface area contributed by atoms with E-state index in [1.54, 1.807) is 17.9 Å². The van der Waals surface area contributed by atoms with Crippen molar-refractivity contribution in [3.8, 4) is 0 Å². The first-order valence-corrected chi connectivity index (χ1v) is 6.55. The Bertz CT molecular complexity index is 432. The number of aromatic nitrogens is 2. The molecule has 0 aliphatic heterocycles. The number of carbonyl (C=O) groups excluding carboxylic acids is 1. The molecule has 18 heavy (non-hydrogen) atoms. The van der Waals surface area contributed by atoms with Gasteiger partial charge >= 0.3 is 0 Å². The first kappa shape index (κ1) is 12.9. The maximum Gasteiger partial charge on any atom is 0.276 e. The summed E-state index contributed by atoms with van der Waals surface area (Å²) in [6, 6.07) is 0.329. The van der Waals surface area contributed by atoms with Crippen molar-refractivity contribution in [3.63, 3.8) is 0 Å². The molecule has 0 unspecified atom stereocenters. The lowest BCUT2D eigenvalue weighted by Crippen LogP contribution is -2.39. The van der Waals surface area contributed by atoms with Gasteiger partial charge in [-0.2, -0.15) is 5.10 Å². The summed E-state index contributed by atoms with van der Waals surface area (Å²) >= 11 is 0. The van der Waals surface area contributed by atoms with Crippen molar-refractivity contribution in [1.82, 2.24) is 14.7 Å².